The van der Waals surface area contributed by atoms with E-state index in [1.165, 1.54) is 0 Å². The van der Waals surface area contributed by atoms with Gasteiger partial charge >= 0.3 is 0 Å². The molecule has 0 bridgehead atoms. The van der Waals surface area contributed by atoms with Crippen molar-refractivity contribution in [2.75, 3.05) is 14.2 Å². The highest BCUT2D eigenvalue weighted by Gasteiger charge is 2.10. The van der Waals surface area contributed by atoms with Crippen LogP contribution < -0.4 is 14.8 Å². The quantitative estimate of drug-likeness (QED) is 0.880. The highest BCUT2D eigenvalue weighted by molar-refractivity contribution is 9.10. The molecule has 1 amide bonds. The Morgan fingerprint density at radius 1 is 1.09 bits per heavy atom. The molecule has 2 aromatic rings. The topological polar surface area (TPSA) is 47.6 Å². The van der Waals surface area contributed by atoms with Crippen molar-refractivity contribution in [2.45, 2.75) is 13.5 Å². The molecule has 0 heterocycles. The third-order valence-electron chi connectivity index (χ3n) is 3.35. The van der Waals surface area contributed by atoms with E-state index in [9.17, 15) is 4.79 Å². The average molecular weight is 364 g/mol. The van der Waals surface area contributed by atoms with Crippen LogP contribution in [0.4, 0.5) is 0 Å². The Balaban J connectivity index is 2.09. The number of rotatable bonds is 5. The Labute approximate surface area is 138 Å². The van der Waals surface area contributed by atoms with E-state index in [4.69, 9.17) is 9.47 Å². The SMILES string of the molecule is COc1ccc(CNC(=O)c2cc(Br)ccc2C)cc1OC. The number of ether oxygens (including phenoxy) is 2. The van der Waals surface area contributed by atoms with Gasteiger partial charge in [-0.05, 0) is 42.3 Å². The van der Waals surface area contributed by atoms with Gasteiger partial charge in [0.25, 0.3) is 5.91 Å². The molecule has 0 saturated heterocycles. The van der Waals surface area contributed by atoms with Gasteiger partial charge in [-0.15, -0.1) is 0 Å². The number of halogens is 1. The Kier molecular flexibility index (Phi) is 5.44. The van der Waals surface area contributed by atoms with Crippen LogP contribution in [0.5, 0.6) is 11.5 Å². The number of methoxy groups -OCH3 is 2. The van der Waals surface area contributed by atoms with E-state index in [1.54, 1.807) is 14.2 Å². The number of amides is 1. The smallest absolute Gasteiger partial charge is 0.251 e. The number of carbonyl (C=O) groups is 1. The van der Waals surface area contributed by atoms with Crippen LogP contribution in [0.15, 0.2) is 40.9 Å². The van der Waals surface area contributed by atoms with E-state index in [2.05, 4.69) is 21.2 Å². The van der Waals surface area contributed by atoms with Crippen LogP contribution in [-0.2, 0) is 6.54 Å². The summed E-state index contributed by atoms with van der Waals surface area (Å²) < 4.78 is 11.3. The minimum atomic E-state index is -0.103. The van der Waals surface area contributed by atoms with Crippen LogP contribution in [0.1, 0.15) is 21.5 Å². The molecule has 0 radical (unpaired) electrons. The lowest BCUT2D eigenvalue weighted by molar-refractivity contribution is 0.0950. The van der Waals surface area contributed by atoms with Crippen LogP contribution in [0.3, 0.4) is 0 Å². The predicted molar refractivity (Wildman–Crippen MR) is 89.6 cm³/mol. The zero-order valence-corrected chi connectivity index (χ0v) is 14.4. The van der Waals surface area contributed by atoms with E-state index in [-0.39, 0.29) is 5.91 Å². The van der Waals surface area contributed by atoms with Crippen molar-refractivity contribution in [2.24, 2.45) is 0 Å². The fourth-order valence-corrected chi connectivity index (χ4v) is 2.47. The molecular weight excluding hydrogens is 346 g/mol. The van der Waals surface area contributed by atoms with Crippen molar-refractivity contribution < 1.29 is 14.3 Å². The summed E-state index contributed by atoms with van der Waals surface area (Å²) in [5, 5.41) is 2.92. The third kappa shape index (κ3) is 3.80. The largest absolute Gasteiger partial charge is 0.493 e. The molecule has 1 N–H and O–H groups in total. The lowest BCUT2D eigenvalue weighted by Crippen LogP contribution is -2.23. The molecule has 0 aromatic heterocycles. The Bertz CT molecular complexity index is 686. The molecule has 0 fully saturated rings. The zero-order valence-electron chi connectivity index (χ0n) is 12.8. The first-order valence-corrected chi connectivity index (χ1v) is 7.59. The standard InChI is InChI=1S/C17H18BrNO3/c1-11-4-6-13(18)9-14(11)17(20)19-10-12-5-7-15(21-2)16(8-12)22-3/h4-9H,10H2,1-3H3,(H,19,20). The molecule has 0 unspecified atom stereocenters. The van der Waals surface area contributed by atoms with Gasteiger partial charge in [0, 0.05) is 16.6 Å². The normalized spacial score (nSPS) is 10.2. The van der Waals surface area contributed by atoms with Crippen LogP contribution in [0.25, 0.3) is 0 Å². The van der Waals surface area contributed by atoms with Gasteiger partial charge in [-0.2, -0.15) is 0 Å². The highest BCUT2D eigenvalue weighted by atomic mass is 79.9. The number of benzene rings is 2. The predicted octanol–water partition coefficient (Wildman–Crippen LogP) is 3.70. The van der Waals surface area contributed by atoms with E-state index < -0.39 is 0 Å². The van der Waals surface area contributed by atoms with Crippen LogP contribution >= 0.6 is 15.9 Å². The number of carbonyl (C=O) groups excluding carboxylic acids is 1. The summed E-state index contributed by atoms with van der Waals surface area (Å²) in [6.45, 7) is 2.34. The second-order valence-corrected chi connectivity index (χ2v) is 5.75. The number of aryl methyl sites for hydroxylation is 1. The monoisotopic (exact) mass is 363 g/mol. The minimum Gasteiger partial charge on any atom is -0.493 e. The van der Waals surface area contributed by atoms with Gasteiger partial charge in [-0.25, -0.2) is 0 Å². The summed E-state index contributed by atoms with van der Waals surface area (Å²) in [6.07, 6.45) is 0. The van der Waals surface area contributed by atoms with E-state index in [0.29, 0.717) is 23.6 Å². The highest BCUT2D eigenvalue weighted by Crippen LogP contribution is 2.27. The van der Waals surface area contributed by atoms with Crippen molar-refractivity contribution in [3.63, 3.8) is 0 Å². The minimum absolute atomic E-state index is 0.103. The second kappa shape index (κ2) is 7.31. The molecule has 4 nitrogen and oxygen atoms in total. The van der Waals surface area contributed by atoms with Gasteiger partial charge in [0.2, 0.25) is 0 Å². The first kappa shape index (κ1) is 16.4. The molecular formula is C17H18BrNO3. The molecule has 2 aromatic carbocycles. The first-order chi connectivity index (χ1) is 10.5. The molecule has 0 atom stereocenters. The molecule has 0 spiro atoms. The van der Waals surface area contributed by atoms with Crippen molar-refractivity contribution in [1.82, 2.24) is 5.32 Å². The van der Waals surface area contributed by atoms with Gasteiger partial charge < -0.3 is 14.8 Å². The van der Waals surface area contributed by atoms with Gasteiger partial charge in [0.05, 0.1) is 14.2 Å². The fraction of sp³-hybridized carbons (Fsp3) is 0.235. The summed E-state index contributed by atoms with van der Waals surface area (Å²) in [5.74, 6) is 1.21. The van der Waals surface area contributed by atoms with Crippen molar-refractivity contribution in [3.05, 3.63) is 57.6 Å². The van der Waals surface area contributed by atoms with Crippen molar-refractivity contribution >= 4 is 21.8 Å². The lowest BCUT2D eigenvalue weighted by Gasteiger charge is -2.11. The molecule has 116 valence electrons. The molecule has 22 heavy (non-hydrogen) atoms. The van der Waals surface area contributed by atoms with Gasteiger partial charge in [0.1, 0.15) is 0 Å². The number of nitrogens with one attached hydrogen (secondary N) is 1. The zero-order chi connectivity index (χ0) is 16.1. The average Bonchev–Trinajstić information content (AvgIpc) is 2.54. The third-order valence-corrected chi connectivity index (χ3v) is 3.84. The Morgan fingerprint density at radius 2 is 1.82 bits per heavy atom. The maximum absolute atomic E-state index is 12.3. The first-order valence-electron chi connectivity index (χ1n) is 6.80. The maximum Gasteiger partial charge on any atom is 0.251 e. The van der Waals surface area contributed by atoms with Crippen LogP contribution in [0.2, 0.25) is 0 Å². The maximum atomic E-state index is 12.3. The molecule has 0 saturated carbocycles. The van der Waals surface area contributed by atoms with E-state index >= 15 is 0 Å². The van der Waals surface area contributed by atoms with E-state index in [1.807, 2.05) is 43.3 Å². The van der Waals surface area contributed by atoms with Gasteiger partial charge in [0.15, 0.2) is 11.5 Å². The summed E-state index contributed by atoms with van der Waals surface area (Å²) >= 11 is 3.38. The van der Waals surface area contributed by atoms with Crippen molar-refractivity contribution in [1.29, 1.82) is 0 Å². The van der Waals surface area contributed by atoms with Gasteiger partial charge in [-0.1, -0.05) is 28.1 Å². The van der Waals surface area contributed by atoms with Crippen LogP contribution in [0, 0.1) is 6.92 Å². The van der Waals surface area contributed by atoms with Crippen molar-refractivity contribution in [3.8, 4) is 11.5 Å². The molecule has 0 aliphatic rings. The van der Waals surface area contributed by atoms with Gasteiger partial charge in [-0.3, -0.25) is 4.79 Å². The summed E-state index contributed by atoms with van der Waals surface area (Å²) in [5.41, 5.74) is 2.54. The molecule has 2 rings (SSSR count). The molecule has 0 aliphatic carbocycles. The second-order valence-electron chi connectivity index (χ2n) is 4.83. The summed E-state index contributed by atoms with van der Waals surface area (Å²) in [7, 11) is 3.18. The Morgan fingerprint density at radius 3 is 2.50 bits per heavy atom. The summed E-state index contributed by atoms with van der Waals surface area (Å²) in [4.78, 5) is 12.3. The molecule has 0 aliphatic heterocycles. The number of hydrogen-bond acceptors (Lipinski definition) is 3. The summed E-state index contributed by atoms with van der Waals surface area (Å²) in [6, 6.07) is 11.2. The molecule has 5 heteroatoms. The lowest BCUT2D eigenvalue weighted by atomic mass is 10.1. The Hall–Kier alpha value is -2.01. The number of hydrogen-bond donors (Lipinski definition) is 1. The van der Waals surface area contributed by atoms with E-state index in [0.717, 1.165) is 15.6 Å². The van der Waals surface area contributed by atoms with Crippen LogP contribution in [-0.4, -0.2) is 20.1 Å². The fourth-order valence-electron chi connectivity index (χ4n) is 2.11.